The van der Waals surface area contributed by atoms with Crippen molar-refractivity contribution in [3.8, 4) is 0 Å². The van der Waals surface area contributed by atoms with Crippen molar-refractivity contribution in [2.75, 3.05) is 30.4 Å². The van der Waals surface area contributed by atoms with Gasteiger partial charge in [0.05, 0.1) is 18.3 Å². The molecule has 0 radical (unpaired) electrons. The van der Waals surface area contributed by atoms with E-state index in [2.05, 4.69) is 22.1 Å². The molecule has 0 aromatic carbocycles. The van der Waals surface area contributed by atoms with Gasteiger partial charge in [0.2, 0.25) is 0 Å². The summed E-state index contributed by atoms with van der Waals surface area (Å²) < 4.78 is 4.73. The van der Waals surface area contributed by atoms with Gasteiger partial charge in [-0.25, -0.2) is 9.78 Å². The van der Waals surface area contributed by atoms with E-state index in [1.165, 1.54) is 7.11 Å². The minimum Gasteiger partial charge on any atom is -0.464 e. The van der Waals surface area contributed by atoms with E-state index in [-0.39, 0.29) is 11.5 Å². The van der Waals surface area contributed by atoms with Crippen molar-refractivity contribution < 1.29 is 9.53 Å². The number of hydrogen-bond acceptors (Lipinski definition) is 5. The first kappa shape index (κ1) is 11.3. The first-order valence-corrected chi connectivity index (χ1v) is 6.15. The molecule has 1 aromatic rings. The molecule has 1 atom stereocenters. The predicted octanol–water partition coefficient (Wildman–Crippen LogP) is 1.57. The fourth-order valence-corrected chi connectivity index (χ4v) is 2.90. The van der Waals surface area contributed by atoms with E-state index in [1.54, 1.807) is 6.07 Å². The zero-order valence-electron chi connectivity index (χ0n) is 10.9. The summed E-state index contributed by atoms with van der Waals surface area (Å²) in [5.41, 5.74) is 2.63. The Kier molecular flexibility index (Phi) is 2.27. The second kappa shape index (κ2) is 3.60. The van der Waals surface area contributed by atoms with Crippen LogP contribution in [0.2, 0.25) is 0 Å². The maximum atomic E-state index is 11.6. The summed E-state index contributed by atoms with van der Waals surface area (Å²) in [4.78, 5) is 18.3. The summed E-state index contributed by atoms with van der Waals surface area (Å²) in [5.74, 6) is 0.419. The molecule has 1 saturated heterocycles. The number of aromatic nitrogens is 1. The number of hydrogen-bond donors (Lipinski definition) is 1. The number of rotatable bonds is 1. The molecular weight excluding hydrogens is 230 g/mol. The standard InChI is InChI=1S/C13H17N3O2/c1-8-6-9(12(17)18-3)14-11-10(8)16-5-4-13(2,7-16)15-11/h6H,4-5,7H2,1-3H3,(H,14,15). The summed E-state index contributed by atoms with van der Waals surface area (Å²) in [5, 5.41) is 3.46. The average molecular weight is 247 g/mol. The van der Waals surface area contributed by atoms with E-state index >= 15 is 0 Å². The van der Waals surface area contributed by atoms with Crippen LogP contribution in [0.5, 0.6) is 0 Å². The number of nitrogens with one attached hydrogen (secondary N) is 1. The first-order valence-electron chi connectivity index (χ1n) is 6.15. The largest absolute Gasteiger partial charge is 0.464 e. The zero-order chi connectivity index (χ0) is 12.9. The first-order chi connectivity index (χ1) is 8.52. The molecule has 2 aliphatic heterocycles. The van der Waals surface area contributed by atoms with Gasteiger partial charge in [-0.1, -0.05) is 0 Å². The van der Waals surface area contributed by atoms with Crippen LogP contribution < -0.4 is 10.2 Å². The van der Waals surface area contributed by atoms with E-state index < -0.39 is 0 Å². The number of esters is 1. The Morgan fingerprint density at radius 2 is 2.39 bits per heavy atom. The quantitative estimate of drug-likeness (QED) is 0.763. The van der Waals surface area contributed by atoms with E-state index in [9.17, 15) is 4.79 Å². The van der Waals surface area contributed by atoms with E-state index in [0.717, 1.165) is 36.6 Å². The van der Waals surface area contributed by atoms with Crippen molar-refractivity contribution in [2.45, 2.75) is 25.8 Å². The predicted molar refractivity (Wildman–Crippen MR) is 69.2 cm³/mol. The van der Waals surface area contributed by atoms with Gasteiger partial charge in [0, 0.05) is 13.1 Å². The number of carbonyl (C=O) groups excluding carboxylic acids is 1. The van der Waals surface area contributed by atoms with Gasteiger partial charge in [-0.2, -0.15) is 0 Å². The summed E-state index contributed by atoms with van der Waals surface area (Å²) in [6, 6.07) is 1.80. The number of fused-ring (bicyclic) bond motifs is 4. The Balaban J connectivity index is 2.10. The minimum absolute atomic E-state index is 0.0706. The molecule has 1 N–H and O–H groups in total. The molecule has 0 amide bonds. The third-order valence-electron chi connectivity index (χ3n) is 3.79. The van der Waals surface area contributed by atoms with Crippen LogP contribution in [0.25, 0.3) is 0 Å². The molecule has 1 fully saturated rings. The average Bonchev–Trinajstić information content (AvgIpc) is 2.63. The van der Waals surface area contributed by atoms with Gasteiger partial charge in [0.1, 0.15) is 0 Å². The van der Waals surface area contributed by atoms with Gasteiger partial charge in [-0.3, -0.25) is 0 Å². The van der Waals surface area contributed by atoms with Crippen molar-refractivity contribution >= 4 is 17.5 Å². The minimum atomic E-state index is -0.388. The Morgan fingerprint density at radius 3 is 3.11 bits per heavy atom. The van der Waals surface area contributed by atoms with Crippen molar-refractivity contribution in [1.29, 1.82) is 0 Å². The smallest absolute Gasteiger partial charge is 0.356 e. The fourth-order valence-electron chi connectivity index (χ4n) is 2.90. The van der Waals surface area contributed by atoms with Crippen molar-refractivity contribution in [3.63, 3.8) is 0 Å². The van der Waals surface area contributed by atoms with Crippen LogP contribution in [0, 0.1) is 6.92 Å². The fraction of sp³-hybridized carbons (Fsp3) is 0.538. The van der Waals surface area contributed by atoms with E-state index in [4.69, 9.17) is 4.74 Å². The molecule has 0 spiro atoms. The van der Waals surface area contributed by atoms with E-state index in [0.29, 0.717) is 5.69 Å². The SMILES string of the molecule is COC(=O)c1cc(C)c2c(n1)NC1(C)CCN2C1. The molecule has 18 heavy (non-hydrogen) atoms. The van der Waals surface area contributed by atoms with Crippen LogP contribution in [-0.2, 0) is 4.74 Å². The number of anilines is 2. The second-order valence-corrected chi connectivity index (χ2v) is 5.37. The normalized spacial score (nSPS) is 24.5. The molecule has 0 aliphatic carbocycles. The lowest BCUT2D eigenvalue weighted by atomic mass is 10.00. The molecule has 0 saturated carbocycles. The number of ether oxygens (including phenoxy) is 1. The van der Waals surface area contributed by atoms with Crippen LogP contribution in [0.15, 0.2) is 6.07 Å². The summed E-state index contributed by atoms with van der Waals surface area (Å²) in [6.07, 6.45) is 1.09. The van der Waals surface area contributed by atoms with E-state index in [1.807, 2.05) is 6.92 Å². The maximum absolute atomic E-state index is 11.6. The van der Waals surface area contributed by atoms with Gasteiger partial charge in [0.15, 0.2) is 11.5 Å². The van der Waals surface area contributed by atoms with Crippen molar-refractivity contribution in [3.05, 3.63) is 17.3 Å². The van der Waals surface area contributed by atoms with Crippen LogP contribution in [0.3, 0.4) is 0 Å². The molecule has 3 rings (SSSR count). The molecule has 96 valence electrons. The summed E-state index contributed by atoms with van der Waals surface area (Å²) in [7, 11) is 1.38. The van der Waals surface area contributed by atoms with Crippen LogP contribution in [-0.4, -0.2) is 36.7 Å². The number of aryl methyl sites for hydroxylation is 1. The third-order valence-corrected chi connectivity index (χ3v) is 3.79. The Labute approximate surface area is 106 Å². The van der Waals surface area contributed by atoms with Gasteiger partial charge in [-0.05, 0) is 31.9 Å². The summed E-state index contributed by atoms with van der Waals surface area (Å²) in [6.45, 7) is 6.24. The molecule has 5 heteroatoms. The lowest BCUT2D eigenvalue weighted by molar-refractivity contribution is 0.0594. The van der Waals surface area contributed by atoms with Crippen molar-refractivity contribution in [1.82, 2.24) is 4.98 Å². The maximum Gasteiger partial charge on any atom is 0.356 e. The lowest BCUT2D eigenvalue weighted by Crippen LogP contribution is -2.42. The number of methoxy groups -OCH3 is 1. The number of carbonyl (C=O) groups is 1. The Hall–Kier alpha value is -1.78. The van der Waals surface area contributed by atoms with Gasteiger partial charge >= 0.3 is 5.97 Å². The molecule has 3 heterocycles. The molecule has 2 bridgehead atoms. The van der Waals surface area contributed by atoms with Gasteiger partial charge in [-0.15, -0.1) is 0 Å². The zero-order valence-corrected chi connectivity index (χ0v) is 10.9. The Bertz CT molecular complexity index is 529. The van der Waals surface area contributed by atoms with Crippen LogP contribution in [0.4, 0.5) is 11.5 Å². The highest BCUT2D eigenvalue weighted by Crippen LogP contribution is 2.41. The molecule has 1 unspecified atom stereocenters. The van der Waals surface area contributed by atoms with Crippen LogP contribution in [0.1, 0.15) is 29.4 Å². The lowest BCUT2D eigenvalue weighted by Gasteiger charge is -2.35. The third kappa shape index (κ3) is 1.54. The van der Waals surface area contributed by atoms with Gasteiger partial charge < -0.3 is 15.0 Å². The van der Waals surface area contributed by atoms with Crippen LogP contribution >= 0.6 is 0 Å². The second-order valence-electron chi connectivity index (χ2n) is 5.37. The highest BCUT2D eigenvalue weighted by atomic mass is 16.5. The molecule has 2 aliphatic rings. The molecule has 1 aromatic heterocycles. The topological polar surface area (TPSA) is 54.5 Å². The Morgan fingerprint density at radius 1 is 1.61 bits per heavy atom. The number of nitrogens with zero attached hydrogens (tertiary/aromatic N) is 2. The van der Waals surface area contributed by atoms with Crippen molar-refractivity contribution in [2.24, 2.45) is 0 Å². The number of pyridine rings is 1. The highest BCUT2D eigenvalue weighted by molar-refractivity contribution is 5.90. The summed E-state index contributed by atoms with van der Waals surface area (Å²) >= 11 is 0. The monoisotopic (exact) mass is 247 g/mol. The van der Waals surface area contributed by atoms with Gasteiger partial charge in [0.25, 0.3) is 0 Å². The highest BCUT2D eigenvalue weighted by Gasteiger charge is 2.40. The molecule has 5 nitrogen and oxygen atoms in total. The molecular formula is C13H17N3O2.